The summed E-state index contributed by atoms with van der Waals surface area (Å²) in [7, 11) is -3.63. The third kappa shape index (κ3) is 4.24. The Balaban J connectivity index is 1.38. The summed E-state index contributed by atoms with van der Waals surface area (Å²) in [5, 5.41) is 2.80. The van der Waals surface area contributed by atoms with Gasteiger partial charge in [-0.15, -0.1) is 0 Å². The Bertz CT molecular complexity index is 1070. The molecule has 152 valence electrons. The van der Waals surface area contributed by atoms with E-state index in [-0.39, 0.29) is 16.5 Å². The highest BCUT2D eigenvalue weighted by Gasteiger charge is 2.27. The summed E-state index contributed by atoms with van der Waals surface area (Å²) in [6, 6.07) is 9.06. The largest absolute Gasteiger partial charge is 0.379 e. The van der Waals surface area contributed by atoms with Gasteiger partial charge in [0.1, 0.15) is 10.6 Å². The number of imidazole rings is 1. The smallest absolute Gasteiger partial charge is 0.268 e. The number of nitrogens with zero attached hydrogens (tertiary/aromatic N) is 3. The van der Waals surface area contributed by atoms with Crippen LogP contribution < -0.4 is 5.32 Å². The molecule has 1 saturated heterocycles. The maximum absolute atomic E-state index is 12.6. The maximum Gasteiger partial charge on any atom is 0.268 e. The molecule has 1 aliphatic heterocycles. The van der Waals surface area contributed by atoms with Crippen LogP contribution >= 0.6 is 0 Å². The Morgan fingerprint density at radius 2 is 1.97 bits per heavy atom. The van der Waals surface area contributed by atoms with Crippen molar-refractivity contribution in [3.05, 3.63) is 66.5 Å². The summed E-state index contributed by atoms with van der Waals surface area (Å²) in [4.78, 5) is 19.3. The molecule has 0 unspecified atom stereocenters. The molecule has 1 aliphatic rings. The molecule has 0 spiro atoms. The van der Waals surface area contributed by atoms with Gasteiger partial charge in [-0.25, -0.2) is 13.4 Å². The molecule has 3 heterocycles. The lowest BCUT2D eigenvalue weighted by atomic mass is 10.2. The van der Waals surface area contributed by atoms with Crippen LogP contribution in [0.15, 0.2) is 60.1 Å². The number of carbonyl (C=O) groups excluding carboxylic acids is 1. The van der Waals surface area contributed by atoms with Gasteiger partial charge in [0.25, 0.3) is 5.91 Å². The van der Waals surface area contributed by atoms with Crippen LogP contribution in [0.1, 0.15) is 16.1 Å². The van der Waals surface area contributed by atoms with E-state index in [2.05, 4.69) is 15.3 Å². The highest BCUT2D eigenvalue weighted by Crippen LogP contribution is 2.18. The molecule has 0 atom stereocenters. The number of H-pyrrole nitrogens is 1. The standard InChI is InChI=1S/C19H21N5O4S/c25-19(22-12-15-1-3-16(4-2-15)23-6-5-20-14-23)18-11-17(13-21-18)29(26,27)24-7-9-28-10-8-24/h1-6,11,13-14,21H,7-10,12H2,(H,22,25). The second-order valence-corrected chi connectivity index (χ2v) is 8.52. The van der Waals surface area contributed by atoms with Gasteiger partial charge in [-0.05, 0) is 23.8 Å². The second-order valence-electron chi connectivity index (χ2n) is 6.58. The first-order valence-electron chi connectivity index (χ1n) is 9.16. The lowest BCUT2D eigenvalue weighted by molar-refractivity contribution is 0.0730. The van der Waals surface area contributed by atoms with Crippen molar-refractivity contribution in [2.75, 3.05) is 26.3 Å². The first kappa shape index (κ1) is 19.4. The molecule has 0 radical (unpaired) electrons. The number of benzene rings is 1. The number of amides is 1. The van der Waals surface area contributed by atoms with Crippen molar-refractivity contribution in [1.29, 1.82) is 0 Å². The van der Waals surface area contributed by atoms with Gasteiger partial charge in [0.2, 0.25) is 10.0 Å². The zero-order valence-corrected chi connectivity index (χ0v) is 16.4. The Hall–Kier alpha value is -2.95. The summed E-state index contributed by atoms with van der Waals surface area (Å²) in [5.41, 5.74) is 2.10. The van der Waals surface area contributed by atoms with Gasteiger partial charge in [-0.3, -0.25) is 4.79 Å². The number of morpholine rings is 1. The molecular formula is C19H21N5O4S. The number of sulfonamides is 1. The number of ether oxygens (including phenoxy) is 1. The molecule has 1 aromatic carbocycles. The van der Waals surface area contributed by atoms with E-state index in [1.54, 1.807) is 12.5 Å². The van der Waals surface area contributed by atoms with Crippen molar-refractivity contribution in [2.45, 2.75) is 11.4 Å². The second kappa shape index (κ2) is 8.19. The van der Waals surface area contributed by atoms with Crippen molar-refractivity contribution in [3.8, 4) is 5.69 Å². The van der Waals surface area contributed by atoms with Crippen LogP contribution in [0.2, 0.25) is 0 Å². The Morgan fingerprint density at radius 1 is 1.21 bits per heavy atom. The van der Waals surface area contributed by atoms with Crippen LogP contribution in [0.25, 0.3) is 5.69 Å². The highest BCUT2D eigenvalue weighted by atomic mass is 32.2. The summed E-state index contributed by atoms with van der Waals surface area (Å²) in [6.07, 6.45) is 6.62. The Morgan fingerprint density at radius 3 is 2.66 bits per heavy atom. The molecule has 10 heteroatoms. The van der Waals surface area contributed by atoms with Gasteiger partial charge >= 0.3 is 0 Å². The van der Waals surface area contributed by atoms with Crippen LogP contribution in [0.4, 0.5) is 0 Å². The summed E-state index contributed by atoms with van der Waals surface area (Å²) in [6.45, 7) is 1.69. The van der Waals surface area contributed by atoms with Crippen LogP contribution in [0.3, 0.4) is 0 Å². The van der Waals surface area contributed by atoms with Crippen LogP contribution in [0, 0.1) is 0 Å². The first-order chi connectivity index (χ1) is 14.0. The summed E-state index contributed by atoms with van der Waals surface area (Å²) in [5.74, 6) is -0.368. The Kier molecular flexibility index (Phi) is 5.47. The average molecular weight is 415 g/mol. The molecule has 1 amide bonds. The maximum atomic E-state index is 12.6. The topological polar surface area (TPSA) is 109 Å². The molecule has 2 aromatic heterocycles. The van der Waals surface area contributed by atoms with Crippen molar-refractivity contribution in [3.63, 3.8) is 0 Å². The lowest BCUT2D eigenvalue weighted by Crippen LogP contribution is -2.40. The average Bonchev–Trinajstić information content (AvgIpc) is 3.46. The van der Waals surface area contributed by atoms with Gasteiger partial charge in [-0.1, -0.05) is 12.1 Å². The summed E-state index contributed by atoms with van der Waals surface area (Å²) < 4.78 is 33.7. The van der Waals surface area contributed by atoms with Gasteiger partial charge in [-0.2, -0.15) is 4.31 Å². The predicted octanol–water partition coefficient (Wildman–Crippen LogP) is 1.15. The summed E-state index contributed by atoms with van der Waals surface area (Å²) >= 11 is 0. The van der Waals surface area contributed by atoms with E-state index in [1.807, 2.05) is 35.0 Å². The van der Waals surface area contributed by atoms with Crippen LogP contribution in [-0.4, -0.2) is 59.5 Å². The molecule has 3 aromatic rings. The molecular weight excluding hydrogens is 394 g/mol. The molecule has 0 bridgehead atoms. The number of hydrogen-bond donors (Lipinski definition) is 2. The van der Waals surface area contributed by atoms with E-state index in [0.29, 0.717) is 32.8 Å². The predicted molar refractivity (Wildman–Crippen MR) is 105 cm³/mol. The molecule has 0 aliphatic carbocycles. The minimum atomic E-state index is -3.63. The van der Waals surface area contributed by atoms with E-state index < -0.39 is 10.0 Å². The van der Waals surface area contributed by atoms with E-state index in [4.69, 9.17) is 4.74 Å². The monoisotopic (exact) mass is 415 g/mol. The number of aromatic nitrogens is 3. The first-order valence-corrected chi connectivity index (χ1v) is 10.6. The van der Waals surface area contributed by atoms with Gasteiger partial charge in [0.05, 0.1) is 19.5 Å². The SMILES string of the molecule is O=C(NCc1ccc(-n2ccnc2)cc1)c1cc(S(=O)(=O)N2CCOCC2)c[nH]1. The number of nitrogens with one attached hydrogen (secondary N) is 2. The van der Waals surface area contributed by atoms with E-state index >= 15 is 0 Å². The zero-order valence-electron chi connectivity index (χ0n) is 15.6. The van der Waals surface area contributed by atoms with E-state index in [9.17, 15) is 13.2 Å². The third-order valence-electron chi connectivity index (χ3n) is 4.70. The lowest BCUT2D eigenvalue weighted by Gasteiger charge is -2.25. The van der Waals surface area contributed by atoms with Crippen molar-refractivity contribution in [1.82, 2.24) is 24.2 Å². The fourth-order valence-corrected chi connectivity index (χ4v) is 4.47. The molecule has 1 fully saturated rings. The zero-order chi connectivity index (χ0) is 20.3. The van der Waals surface area contributed by atoms with E-state index in [0.717, 1.165) is 11.3 Å². The third-order valence-corrected chi connectivity index (χ3v) is 6.58. The highest BCUT2D eigenvalue weighted by molar-refractivity contribution is 7.89. The van der Waals surface area contributed by atoms with Crippen molar-refractivity contribution >= 4 is 15.9 Å². The minimum Gasteiger partial charge on any atom is -0.379 e. The van der Waals surface area contributed by atoms with Gasteiger partial charge in [0.15, 0.2) is 0 Å². The molecule has 0 saturated carbocycles. The number of carbonyl (C=O) groups is 1. The van der Waals surface area contributed by atoms with Crippen LogP contribution in [0.5, 0.6) is 0 Å². The normalized spacial score (nSPS) is 15.3. The molecule has 2 N–H and O–H groups in total. The number of aromatic amines is 1. The van der Waals surface area contributed by atoms with Crippen LogP contribution in [-0.2, 0) is 21.3 Å². The molecule has 9 nitrogen and oxygen atoms in total. The molecule has 4 rings (SSSR count). The number of rotatable bonds is 6. The minimum absolute atomic E-state index is 0.0780. The van der Waals surface area contributed by atoms with Crippen molar-refractivity contribution in [2.24, 2.45) is 0 Å². The number of hydrogen-bond acceptors (Lipinski definition) is 5. The van der Waals surface area contributed by atoms with E-state index in [1.165, 1.54) is 16.6 Å². The fraction of sp³-hybridized carbons (Fsp3) is 0.263. The fourth-order valence-electron chi connectivity index (χ4n) is 3.07. The quantitative estimate of drug-likeness (QED) is 0.628. The van der Waals surface area contributed by atoms with Gasteiger partial charge < -0.3 is 19.6 Å². The van der Waals surface area contributed by atoms with Crippen molar-refractivity contribution < 1.29 is 17.9 Å². The van der Waals surface area contributed by atoms with Gasteiger partial charge in [0, 0.05) is 43.9 Å². The Labute approximate surface area is 168 Å². The molecule has 29 heavy (non-hydrogen) atoms.